The minimum absolute atomic E-state index is 0.0129. The molecule has 1 amide bonds. The van der Waals surface area contributed by atoms with Crippen molar-refractivity contribution in [2.24, 2.45) is 0 Å². The van der Waals surface area contributed by atoms with Gasteiger partial charge in [-0.25, -0.2) is 8.42 Å². The maximum Gasteiger partial charge on any atom is 0.573 e. The largest absolute Gasteiger partial charge is 0.573 e. The molecule has 0 aliphatic rings. The summed E-state index contributed by atoms with van der Waals surface area (Å²) in [5, 5.41) is 2.28. The van der Waals surface area contributed by atoms with Crippen LogP contribution in [0.3, 0.4) is 0 Å². The number of sulfone groups is 1. The zero-order valence-electron chi connectivity index (χ0n) is 12.6. The van der Waals surface area contributed by atoms with Crippen LogP contribution in [0.1, 0.15) is 10.4 Å². The Bertz CT molecular complexity index is 895. The summed E-state index contributed by atoms with van der Waals surface area (Å²) in [6.45, 7) is 0. The fraction of sp³-hybridized carbons (Fsp3) is 0.133. The Kier molecular flexibility index (Phi) is 5.50. The van der Waals surface area contributed by atoms with E-state index in [0.29, 0.717) is 0 Å². The van der Waals surface area contributed by atoms with Gasteiger partial charge in [0.1, 0.15) is 5.75 Å². The molecule has 2 aromatic carbocycles. The molecule has 11 heteroatoms. The van der Waals surface area contributed by atoms with Crippen LogP contribution in [0.15, 0.2) is 53.4 Å². The molecule has 0 atom stereocenters. The van der Waals surface area contributed by atoms with E-state index in [0.717, 1.165) is 36.4 Å². The first-order chi connectivity index (χ1) is 12.0. The van der Waals surface area contributed by atoms with E-state index in [2.05, 4.69) is 10.1 Å². The van der Waals surface area contributed by atoms with Gasteiger partial charge in [-0.2, -0.15) is 8.78 Å². The number of halogens is 5. The van der Waals surface area contributed by atoms with Gasteiger partial charge in [-0.15, -0.1) is 13.2 Å². The van der Waals surface area contributed by atoms with Gasteiger partial charge in [0.15, 0.2) is 0 Å². The second kappa shape index (κ2) is 7.28. The lowest BCUT2D eigenvalue weighted by molar-refractivity contribution is -0.274. The van der Waals surface area contributed by atoms with Crippen molar-refractivity contribution in [3.05, 3.63) is 54.1 Å². The van der Waals surface area contributed by atoms with Gasteiger partial charge >= 0.3 is 12.1 Å². The highest BCUT2D eigenvalue weighted by Crippen LogP contribution is 2.25. The summed E-state index contributed by atoms with van der Waals surface area (Å²) >= 11 is 0. The number of nitrogens with one attached hydrogen (secondary N) is 1. The number of anilines is 1. The zero-order chi connectivity index (χ0) is 19.5. The summed E-state index contributed by atoms with van der Waals surface area (Å²) in [5.74, 6) is -4.93. The number of hydrogen-bond acceptors (Lipinski definition) is 4. The maximum atomic E-state index is 12.4. The zero-order valence-corrected chi connectivity index (χ0v) is 13.4. The number of benzene rings is 2. The molecule has 0 saturated heterocycles. The van der Waals surface area contributed by atoms with E-state index in [1.807, 2.05) is 0 Å². The Balaban J connectivity index is 2.15. The van der Waals surface area contributed by atoms with Gasteiger partial charge in [0.05, 0.1) is 4.90 Å². The lowest BCUT2D eigenvalue weighted by atomic mass is 10.2. The molecule has 0 unspecified atom stereocenters. The average Bonchev–Trinajstić information content (AvgIpc) is 2.53. The van der Waals surface area contributed by atoms with E-state index in [4.69, 9.17) is 0 Å². The summed E-state index contributed by atoms with van der Waals surface area (Å²) in [7, 11) is -4.79. The van der Waals surface area contributed by atoms with Crippen molar-refractivity contribution in [3.63, 3.8) is 0 Å². The lowest BCUT2D eigenvalue weighted by Crippen LogP contribution is -2.17. The van der Waals surface area contributed by atoms with Gasteiger partial charge in [-0.1, -0.05) is 6.07 Å². The van der Waals surface area contributed by atoms with E-state index >= 15 is 0 Å². The molecule has 5 nitrogen and oxygen atoms in total. The molecule has 0 saturated carbocycles. The molecule has 0 radical (unpaired) electrons. The molecular weight excluding hydrogens is 385 g/mol. The highest BCUT2D eigenvalue weighted by molar-refractivity contribution is 7.91. The van der Waals surface area contributed by atoms with Crippen molar-refractivity contribution in [1.29, 1.82) is 0 Å². The van der Waals surface area contributed by atoms with Gasteiger partial charge in [-0.05, 0) is 36.4 Å². The predicted octanol–water partition coefficient (Wildman–Crippen LogP) is 3.83. The monoisotopic (exact) mass is 395 g/mol. The second-order valence-corrected chi connectivity index (χ2v) is 6.78. The van der Waals surface area contributed by atoms with Crippen LogP contribution in [-0.4, -0.2) is 26.4 Å². The van der Waals surface area contributed by atoms with Gasteiger partial charge in [0, 0.05) is 17.3 Å². The van der Waals surface area contributed by atoms with Crippen LogP contribution in [-0.2, 0) is 9.84 Å². The molecular formula is C15H10F5NO4S. The average molecular weight is 395 g/mol. The molecule has 26 heavy (non-hydrogen) atoms. The van der Waals surface area contributed by atoms with Crippen molar-refractivity contribution in [1.82, 2.24) is 0 Å². The maximum absolute atomic E-state index is 12.4. The summed E-state index contributed by atoms with van der Waals surface area (Å²) < 4.78 is 87.7. The van der Waals surface area contributed by atoms with Gasteiger partial charge < -0.3 is 10.1 Å². The molecule has 0 aliphatic carbocycles. The van der Waals surface area contributed by atoms with Crippen molar-refractivity contribution in [2.75, 3.05) is 5.32 Å². The van der Waals surface area contributed by atoms with Crippen molar-refractivity contribution in [2.45, 2.75) is 17.0 Å². The number of ether oxygens (including phenoxy) is 1. The number of carbonyl (C=O) groups excluding carboxylic acids is 1. The Labute approximate surface area is 144 Å². The minimum Gasteiger partial charge on any atom is -0.406 e. The third-order valence-electron chi connectivity index (χ3n) is 3.01. The van der Waals surface area contributed by atoms with Crippen LogP contribution >= 0.6 is 0 Å². The fourth-order valence-corrected chi connectivity index (χ4v) is 2.59. The van der Waals surface area contributed by atoms with Crippen LogP contribution in [0.2, 0.25) is 0 Å². The van der Waals surface area contributed by atoms with E-state index in [9.17, 15) is 35.2 Å². The summed E-state index contributed by atoms with van der Waals surface area (Å²) in [6, 6.07) is 8.15. The summed E-state index contributed by atoms with van der Waals surface area (Å²) in [5.41, 5.74) is -0.0959. The van der Waals surface area contributed by atoms with E-state index < -0.39 is 38.5 Å². The number of hydrogen-bond donors (Lipinski definition) is 1. The highest BCUT2D eigenvalue weighted by Gasteiger charge is 2.31. The third kappa shape index (κ3) is 4.91. The van der Waals surface area contributed by atoms with E-state index in [-0.39, 0.29) is 11.3 Å². The lowest BCUT2D eigenvalue weighted by Gasteiger charge is -2.11. The quantitative estimate of drug-likeness (QED) is 0.781. The first-order valence-corrected chi connectivity index (χ1v) is 8.33. The number of rotatable bonds is 5. The molecule has 140 valence electrons. The van der Waals surface area contributed by atoms with E-state index in [1.54, 1.807) is 0 Å². The van der Waals surface area contributed by atoms with Gasteiger partial charge in [0.25, 0.3) is 5.91 Å². The third-order valence-corrected chi connectivity index (χ3v) is 4.40. The van der Waals surface area contributed by atoms with Crippen molar-refractivity contribution >= 4 is 21.4 Å². The molecule has 0 aromatic heterocycles. The first-order valence-electron chi connectivity index (χ1n) is 6.78. The molecule has 2 rings (SSSR count). The van der Waals surface area contributed by atoms with Gasteiger partial charge in [-0.3, -0.25) is 4.79 Å². The molecule has 0 aliphatic heterocycles. The first kappa shape index (κ1) is 19.6. The van der Waals surface area contributed by atoms with Crippen LogP contribution in [0.4, 0.5) is 27.6 Å². The predicted molar refractivity (Wildman–Crippen MR) is 80.7 cm³/mol. The minimum atomic E-state index is -4.89. The summed E-state index contributed by atoms with van der Waals surface area (Å²) in [4.78, 5) is 11.4. The number of carbonyl (C=O) groups is 1. The van der Waals surface area contributed by atoms with E-state index in [1.165, 1.54) is 12.1 Å². The normalized spacial score (nSPS) is 12.1. The smallest absolute Gasteiger partial charge is 0.406 e. The summed E-state index contributed by atoms with van der Waals surface area (Å²) in [6.07, 6.45) is -4.89. The Morgan fingerprint density at radius 1 is 1.04 bits per heavy atom. The van der Waals surface area contributed by atoms with Gasteiger partial charge in [0.2, 0.25) is 9.84 Å². The van der Waals surface area contributed by atoms with Crippen molar-refractivity contribution < 1.29 is 39.9 Å². The SMILES string of the molecule is O=C(Nc1cccc(OC(F)(F)F)c1)c1ccc(S(=O)(=O)C(F)F)cc1. The molecule has 2 aromatic rings. The number of amides is 1. The van der Waals surface area contributed by atoms with Crippen LogP contribution in [0.5, 0.6) is 5.75 Å². The van der Waals surface area contributed by atoms with Crippen molar-refractivity contribution in [3.8, 4) is 5.75 Å². The van der Waals surface area contributed by atoms with Crippen LogP contribution in [0, 0.1) is 0 Å². The Morgan fingerprint density at radius 3 is 2.19 bits per heavy atom. The molecule has 0 bridgehead atoms. The fourth-order valence-electron chi connectivity index (χ4n) is 1.87. The van der Waals surface area contributed by atoms with Crippen LogP contribution in [0.25, 0.3) is 0 Å². The van der Waals surface area contributed by atoms with Crippen LogP contribution < -0.4 is 10.1 Å². The Hall–Kier alpha value is -2.69. The molecule has 0 spiro atoms. The standard InChI is InChI=1S/C15H10F5NO4S/c16-14(17)26(23,24)12-6-4-9(5-7-12)13(22)21-10-2-1-3-11(8-10)25-15(18,19)20/h1-8,14H,(H,21,22). The molecule has 0 fully saturated rings. The Morgan fingerprint density at radius 2 is 1.65 bits per heavy atom. The topological polar surface area (TPSA) is 72.5 Å². The molecule has 1 N–H and O–H groups in total. The molecule has 0 heterocycles. The number of alkyl halides is 5. The second-order valence-electron chi connectivity index (χ2n) is 4.86. The highest BCUT2D eigenvalue weighted by atomic mass is 32.2.